The van der Waals surface area contributed by atoms with Crippen molar-refractivity contribution in [3.8, 4) is 0 Å². The Morgan fingerprint density at radius 3 is 2.67 bits per heavy atom. The van der Waals surface area contributed by atoms with E-state index in [0.717, 1.165) is 44.2 Å². The molecule has 0 bridgehead atoms. The third kappa shape index (κ3) is 5.20. The van der Waals surface area contributed by atoms with Crippen molar-refractivity contribution in [3.63, 3.8) is 0 Å². The highest BCUT2D eigenvalue weighted by Crippen LogP contribution is 2.24. The Hall–Kier alpha value is -1.66. The number of methoxy groups -OCH3 is 1. The molecule has 6 nitrogen and oxygen atoms in total. The minimum absolute atomic E-state index is 0.110. The first-order valence-corrected chi connectivity index (χ1v) is 10.3. The lowest BCUT2D eigenvalue weighted by molar-refractivity contribution is 0.0541. The molecule has 1 atom stereocenters. The zero-order valence-electron chi connectivity index (χ0n) is 17.1. The van der Waals surface area contributed by atoms with Crippen LogP contribution in [0.2, 0.25) is 0 Å². The van der Waals surface area contributed by atoms with E-state index in [1.165, 1.54) is 25.9 Å². The van der Waals surface area contributed by atoms with Crippen molar-refractivity contribution in [1.29, 1.82) is 0 Å². The van der Waals surface area contributed by atoms with Gasteiger partial charge in [-0.15, -0.1) is 0 Å². The van der Waals surface area contributed by atoms with Crippen LogP contribution in [0.25, 0.3) is 0 Å². The SMILES string of the molecule is COCCN(C)c1ccc(C(=O)N2CCC(N3CCC[C@@H](C)C3)CC2)cn1. The monoisotopic (exact) mass is 374 g/mol. The lowest BCUT2D eigenvalue weighted by Crippen LogP contribution is -2.49. The molecule has 0 radical (unpaired) electrons. The normalized spacial score (nSPS) is 22.0. The zero-order valence-corrected chi connectivity index (χ0v) is 17.1. The van der Waals surface area contributed by atoms with Gasteiger partial charge < -0.3 is 14.5 Å². The van der Waals surface area contributed by atoms with Crippen LogP contribution < -0.4 is 4.90 Å². The van der Waals surface area contributed by atoms with Gasteiger partial charge in [0.05, 0.1) is 12.2 Å². The molecular weight excluding hydrogens is 340 g/mol. The summed E-state index contributed by atoms with van der Waals surface area (Å²) in [6, 6.07) is 4.46. The van der Waals surface area contributed by atoms with Gasteiger partial charge in [-0.25, -0.2) is 4.98 Å². The summed E-state index contributed by atoms with van der Waals surface area (Å²) in [6.45, 7) is 7.94. The third-order valence-electron chi connectivity index (χ3n) is 5.97. The van der Waals surface area contributed by atoms with Gasteiger partial charge in [0.25, 0.3) is 5.91 Å². The van der Waals surface area contributed by atoms with Gasteiger partial charge in [-0.1, -0.05) is 6.92 Å². The Bertz CT molecular complexity index is 599. The molecule has 1 amide bonds. The van der Waals surface area contributed by atoms with Crippen molar-refractivity contribution in [1.82, 2.24) is 14.8 Å². The average molecular weight is 375 g/mol. The second-order valence-electron chi connectivity index (χ2n) is 8.09. The van der Waals surface area contributed by atoms with Crippen LogP contribution in [0.1, 0.15) is 43.0 Å². The molecule has 150 valence electrons. The van der Waals surface area contributed by atoms with Crippen molar-refractivity contribution in [2.45, 2.75) is 38.6 Å². The van der Waals surface area contributed by atoms with Crippen LogP contribution in [0.4, 0.5) is 5.82 Å². The number of ether oxygens (including phenoxy) is 1. The number of hydrogen-bond acceptors (Lipinski definition) is 5. The molecule has 0 aromatic carbocycles. The molecule has 3 rings (SSSR count). The van der Waals surface area contributed by atoms with Crippen LogP contribution in [-0.2, 0) is 4.74 Å². The van der Waals surface area contributed by atoms with E-state index in [-0.39, 0.29) is 5.91 Å². The average Bonchev–Trinajstić information content (AvgIpc) is 2.71. The van der Waals surface area contributed by atoms with Gasteiger partial charge in [0.15, 0.2) is 0 Å². The molecule has 3 heterocycles. The predicted molar refractivity (Wildman–Crippen MR) is 108 cm³/mol. The minimum atomic E-state index is 0.110. The Morgan fingerprint density at radius 1 is 1.26 bits per heavy atom. The summed E-state index contributed by atoms with van der Waals surface area (Å²) in [5.74, 6) is 1.78. The van der Waals surface area contributed by atoms with Gasteiger partial charge in [-0.05, 0) is 50.3 Å². The van der Waals surface area contributed by atoms with Gasteiger partial charge in [0, 0.05) is 52.6 Å². The van der Waals surface area contributed by atoms with Gasteiger partial charge in [0.1, 0.15) is 5.82 Å². The molecule has 0 unspecified atom stereocenters. The topological polar surface area (TPSA) is 48.9 Å². The summed E-state index contributed by atoms with van der Waals surface area (Å²) in [4.78, 5) is 24.0. The summed E-state index contributed by atoms with van der Waals surface area (Å²) in [6.07, 6.45) is 6.56. The van der Waals surface area contributed by atoms with E-state index < -0.39 is 0 Å². The predicted octanol–water partition coefficient (Wildman–Crippen LogP) is 2.50. The van der Waals surface area contributed by atoms with E-state index in [1.54, 1.807) is 13.3 Å². The fourth-order valence-corrected chi connectivity index (χ4v) is 4.26. The van der Waals surface area contributed by atoms with E-state index in [0.29, 0.717) is 18.2 Å². The number of carbonyl (C=O) groups excluding carboxylic acids is 1. The fraction of sp³-hybridized carbons (Fsp3) is 0.714. The Labute approximate surface area is 163 Å². The maximum absolute atomic E-state index is 12.8. The number of piperidine rings is 2. The summed E-state index contributed by atoms with van der Waals surface area (Å²) in [7, 11) is 3.67. The molecule has 1 aromatic rings. The van der Waals surface area contributed by atoms with Crippen LogP contribution in [0.5, 0.6) is 0 Å². The first-order valence-electron chi connectivity index (χ1n) is 10.3. The number of likely N-dealkylation sites (N-methyl/N-ethyl adjacent to an activating group) is 1. The summed E-state index contributed by atoms with van der Waals surface area (Å²) in [5, 5.41) is 0. The van der Waals surface area contributed by atoms with E-state index in [2.05, 4.69) is 16.8 Å². The summed E-state index contributed by atoms with van der Waals surface area (Å²) in [5.41, 5.74) is 0.684. The number of anilines is 1. The van der Waals surface area contributed by atoms with Crippen LogP contribution >= 0.6 is 0 Å². The van der Waals surface area contributed by atoms with Crippen molar-refractivity contribution in [2.75, 3.05) is 58.4 Å². The molecule has 0 spiro atoms. The van der Waals surface area contributed by atoms with Crippen molar-refractivity contribution >= 4 is 11.7 Å². The van der Waals surface area contributed by atoms with Gasteiger partial charge in [-0.3, -0.25) is 9.69 Å². The number of amides is 1. The third-order valence-corrected chi connectivity index (χ3v) is 5.97. The zero-order chi connectivity index (χ0) is 19.2. The van der Waals surface area contributed by atoms with Crippen molar-refractivity contribution in [2.24, 2.45) is 5.92 Å². The number of likely N-dealkylation sites (tertiary alicyclic amines) is 2. The lowest BCUT2D eigenvalue weighted by Gasteiger charge is -2.41. The first-order chi connectivity index (χ1) is 13.1. The maximum atomic E-state index is 12.8. The maximum Gasteiger partial charge on any atom is 0.255 e. The smallest absolute Gasteiger partial charge is 0.255 e. The standard InChI is InChI=1S/C21H34N4O2/c1-17-5-4-10-25(16-17)19-8-11-24(12-9-19)21(26)18-6-7-20(22-15-18)23(2)13-14-27-3/h6-7,15,17,19H,4-5,8-14,16H2,1-3H3/t17-/m1/s1. The minimum Gasteiger partial charge on any atom is -0.383 e. The molecule has 0 aliphatic carbocycles. The summed E-state index contributed by atoms with van der Waals surface area (Å²) >= 11 is 0. The lowest BCUT2D eigenvalue weighted by atomic mass is 9.95. The molecule has 0 N–H and O–H groups in total. The summed E-state index contributed by atoms with van der Waals surface area (Å²) < 4.78 is 5.10. The Balaban J connectivity index is 1.51. The molecule has 2 aliphatic heterocycles. The quantitative estimate of drug-likeness (QED) is 0.766. The highest BCUT2D eigenvalue weighted by molar-refractivity contribution is 5.94. The second kappa shape index (κ2) is 9.51. The Kier molecular flexibility index (Phi) is 7.07. The van der Waals surface area contributed by atoms with Crippen molar-refractivity contribution < 1.29 is 9.53 Å². The van der Waals surface area contributed by atoms with Gasteiger partial charge in [-0.2, -0.15) is 0 Å². The molecule has 0 saturated carbocycles. The molecule has 2 aliphatic rings. The van der Waals surface area contributed by atoms with Crippen LogP contribution in [-0.4, -0.2) is 80.2 Å². The number of hydrogen-bond donors (Lipinski definition) is 0. The van der Waals surface area contributed by atoms with Crippen molar-refractivity contribution in [3.05, 3.63) is 23.9 Å². The number of carbonyl (C=O) groups is 1. The molecule has 27 heavy (non-hydrogen) atoms. The fourth-order valence-electron chi connectivity index (χ4n) is 4.26. The number of nitrogens with zero attached hydrogens (tertiary/aromatic N) is 4. The van der Waals surface area contributed by atoms with E-state index in [4.69, 9.17) is 4.74 Å². The molecule has 6 heteroatoms. The van der Waals surface area contributed by atoms with Crippen LogP contribution in [0, 0.1) is 5.92 Å². The van der Waals surface area contributed by atoms with E-state index >= 15 is 0 Å². The van der Waals surface area contributed by atoms with E-state index in [1.807, 2.05) is 29.0 Å². The molecule has 2 saturated heterocycles. The van der Waals surface area contributed by atoms with Gasteiger partial charge >= 0.3 is 0 Å². The van der Waals surface area contributed by atoms with E-state index in [9.17, 15) is 4.79 Å². The number of rotatable bonds is 6. The number of pyridine rings is 1. The highest BCUT2D eigenvalue weighted by atomic mass is 16.5. The largest absolute Gasteiger partial charge is 0.383 e. The van der Waals surface area contributed by atoms with Crippen LogP contribution in [0.3, 0.4) is 0 Å². The van der Waals surface area contributed by atoms with Crippen LogP contribution in [0.15, 0.2) is 18.3 Å². The first kappa shape index (κ1) is 20.1. The van der Waals surface area contributed by atoms with Gasteiger partial charge in [0.2, 0.25) is 0 Å². The molecule has 2 fully saturated rings. The Morgan fingerprint density at radius 2 is 2.04 bits per heavy atom. The second-order valence-corrected chi connectivity index (χ2v) is 8.09. The highest BCUT2D eigenvalue weighted by Gasteiger charge is 2.29. The molecule has 1 aromatic heterocycles. The number of aromatic nitrogens is 1. The molecular formula is C21H34N4O2.